The average molecular weight is 304 g/mol. The van der Waals surface area contributed by atoms with Gasteiger partial charge in [0, 0.05) is 16.5 Å². The average Bonchev–Trinajstić information content (AvgIpc) is 2.69. The summed E-state index contributed by atoms with van der Waals surface area (Å²) in [6, 6.07) is 11.3. The number of halogens is 1. The van der Waals surface area contributed by atoms with E-state index in [-0.39, 0.29) is 17.3 Å². The zero-order valence-corrected chi connectivity index (χ0v) is 12.2. The van der Waals surface area contributed by atoms with Crippen LogP contribution < -0.4 is 4.74 Å². The lowest BCUT2D eigenvalue weighted by Gasteiger charge is -2.08. The van der Waals surface area contributed by atoms with E-state index in [1.807, 2.05) is 13.0 Å². The number of rotatable bonds is 3. The van der Waals surface area contributed by atoms with Gasteiger partial charge in [-0.25, -0.2) is 12.8 Å². The maximum Gasteiger partial charge on any atom is 0.200 e. The van der Waals surface area contributed by atoms with E-state index in [2.05, 4.69) is 0 Å². The van der Waals surface area contributed by atoms with E-state index in [9.17, 15) is 12.8 Å². The molecule has 0 N–H and O–H groups in total. The van der Waals surface area contributed by atoms with Crippen LogP contribution in [0.4, 0.5) is 4.39 Å². The van der Waals surface area contributed by atoms with Crippen LogP contribution >= 0.6 is 0 Å². The third kappa shape index (κ3) is 2.56. The zero-order valence-electron chi connectivity index (χ0n) is 11.3. The summed E-state index contributed by atoms with van der Waals surface area (Å²) in [5, 5.41) is 1.19. The molecule has 1 heterocycles. The lowest BCUT2D eigenvalue weighted by atomic mass is 10.1. The maximum atomic E-state index is 13.5. The fourth-order valence-electron chi connectivity index (χ4n) is 2.27. The third-order valence-corrected chi connectivity index (χ3v) is 4.85. The number of hydrogen-bond donors (Lipinski definition) is 0. The fourth-order valence-corrected chi connectivity index (χ4v) is 3.83. The van der Waals surface area contributed by atoms with Gasteiger partial charge in [-0.2, -0.15) is 0 Å². The normalized spacial score (nSPS) is 15.4. The van der Waals surface area contributed by atoms with Crippen molar-refractivity contribution in [3.63, 3.8) is 0 Å². The summed E-state index contributed by atoms with van der Waals surface area (Å²) >= 11 is 0. The van der Waals surface area contributed by atoms with Crippen molar-refractivity contribution in [2.24, 2.45) is 0 Å². The molecule has 0 radical (unpaired) electrons. The molecule has 0 bridgehead atoms. The number of hydrogen-bond acceptors (Lipinski definition) is 3. The van der Waals surface area contributed by atoms with Crippen LogP contribution in [0.1, 0.15) is 11.1 Å². The van der Waals surface area contributed by atoms with Crippen LogP contribution in [0.25, 0.3) is 5.57 Å². The standard InChI is InChI=1S/C16H13FO3S/c1-11-6-7-13-12(10-21(18,19)16(13)8-11)9-20-15-5-3-2-4-14(15)17/h2-8,10H,9H2,1H3. The number of aryl methyl sites for hydroxylation is 1. The summed E-state index contributed by atoms with van der Waals surface area (Å²) < 4.78 is 43.1. The lowest BCUT2D eigenvalue weighted by Crippen LogP contribution is -2.01. The number of sulfone groups is 1. The second-order valence-electron chi connectivity index (χ2n) is 4.91. The molecule has 21 heavy (non-hydrogen) atoms. The van der Waals surface area contributed by atoms with Gasteiger partial charge in [0.05, 0.1) is 4.90 Å². The van der Waals surface area contributed by atoms with Crippen LogP contribution in [0.15, 0.2) is 52.8 Å². The maximum absolute atomic E-state index is 13.5. The Kier molecular flexibility index (Phi) is 3.29. The number of para-hydroxylation sites is 1. The highest BCUT2D eigenvalue weighted by atomic mass is 32.2. The molecule has 0 fully saturated rings. The third-order valence-electron chi connectivity index (χ3n) is 3.31. The Balaban J connectivity index is 1.90. The van der Waals surface area contributed by atoms with Crippen molar-refractivity contribution >= 4 is 15.4 Å². The Bertz CT molecular complexity index is 838. The van der Waals surface area contributed by atoms with Crippen LogP contribution in [0.5, 0.6) is 5.75 Å². The molecule has 108 valence electrons. The Labute approximate surface area is 122 Å². The Morgan fingerprint density at radius 3 is 2.67 bits per heavy atom. The molecule has 0 aromatic heterocycles. The summed E-state index contributed by atoms with van der Waals surface area (Å²) in [7, 11) is -3.43. The molecule has 3 rings (SSSR count). The monoisotopic (exact) mass is 304 g/mol. The summed E-state index contributed by atoms with van der Waals surface area (Å²) in [6.45, 7) is 1.85. The minimum Gasteiger partial charge on any atom is -0.486 e. The van der Waals surface area contributed by atoms with E-state index >= 15 is 0 Å². The van der Waals surface area contributed by atoms with Crippen molar-refractivity contribution in [3.8, 4) is 5.75 Å². The molecule has 3 nitrogen and oxygen atoms in total. The van der Waals surface area contributed by atoms with Gasteiger partial charge in [-0.15, -0.1) is 0 Å². The van der Waals surface area contributed by atoms with E-state index in [0.29, 0.717) is 11.1 Å². The van der Waals surface area contributed by atoms with Crippen molar-refractivity contribution in [2.45, 2.75) is 11.8 Å². The van der Waals surface area contributed by atoms with Gasteiger partial charge >= 0.3 is 0 Å². The second kappa shape index (κ2) is 5.00. The molecule has 1 aliphatic rings. The van der Waals surface area contributed by atoms with Crippen molar-refractivity contribution in [2.75, 3.05) is 6.61 Å². The predicted molar refractivity (Wildman–Crippen MR) is 78.2 cm³/mol. The summed E-state index contributed by atoms with van der Waals surface area (Å²) in [5.41, 5.74) is 2.03. The summed E-state index contributed by atoms with van der Waals surface area (Å²) in [6.07, 6.45) is 0. The largest absolute Gasteiger partial charge is 0.486 e. The lowest BCUT2D eigenvalue weighted by molar-refractivity contribution is 0.348. The molecule has 0 saturated carbocycles. The van der Waals surface area contributed by atoms with Crippen molar-refractivity contribution < 1.29 is 17.5 Å². The first-order chi connectivity index (χ1) is 9.97. The van der Waals surface area contributed by atoms with Gasteiger partial charge in [-0.1, -0.05) is 24.3 Å². The SMILES string of the molecule is Cc1ccc2c(c1)S(=O)(=O)C=C2COc1ccccc1F. The number of fused-ring (bicyclic) bond motifs is 1. The number of benzene rings is 2. The molecule has 0 amide bonds. The number of ether oxygens (including phenoxy) is 1. The minimum atomic E-state index is -3.43. The topological polar surface area (TPSA) is 43.4 Å². The molecular weight excluding hydrogens is 291 g/mol. The molecule has 0 spiro atoms. The van der Waals surface area contributed by atoms with Gasteiger partial charge in [0.2, 0.25) is 9.84 Å². The first-order valence-electron chi connectivity index (χ1n) is 6.41. The van der Waals surface area contributed by atoms with Crippen LogP contribution in [0.2, 0.25) is 0 Å². The van der Waals surface area contributed by atoms with Gasteiger partial charge in [-0.3, -0.25) is 0 Å². The van der Waals surface area contributed by atoms with E-state index in [0.717, 1.165) is 5.56 Å². The molecule has 1 aliphatic heterocycles. The van der Waals surface area contributed by atoms with E-state index in [4.69, 9.17) is 4.74 Å². The molecular formula is C16H13FO3S. The van der Waals surface area contributed by atoms with E-state index in [1.54, 1.807) is 24.3 Å². The minimum absolute atomic E-state index is 0.0101. The van der Waals surface area contributed by atoms with Crippen LogP contribution in [-0.2, 0) is 9.84 Å². The molecule has 0 unspecified atom stereocenters. The van der Waals surface area contributed by atoms with Crippen LogP contribution in [0, 0.1) is 12.7 Å². The van der Waals surface area contributed by atoms with Crippen molar-refractivity contribution in [1.82, 2.24) is 0 Å². The Hall–Kier alpha value is -2.14. The molecule has 0 saturated heterocycles. The second-order valence-corrected chi connectivity index (χ2v) is 6.67. The highest BCUT2D eigenvalue weighted by Crippen LogP contribution is 2.34. The van der Waals surface area contributed by atoms with E-state index < -0.39 is 15.7 Å². The molecule has 2 aromatic rings. The van der Waals surface area contributed by atoms with E-state index in [1.165, 1.54) is 17.5 Å². The highest BCUT2D eigenvalue weighted by molar-refractivity contribution is 7.95. The van der Waals surface area contributed by atoms with Gasteiger partial charge < -0.3 is 4.74 Å². The Morgan fingerprint density at radius 1 is 1.14 bits per heavy atom. The molecule has 0 atom stereocenters. The van der Waals surface area contributed by atoms with Crippen molar-refractivity contribution in [3.05, 3.63) is 64.8 Å². The van der Waals surface area contributed by atoms with Gasteiger partial charge in [0.15, 0.2) is 11.6 Å². The van der Waals surface area contributed by atoms with Gasteiger partial charge in [0.25, 0.3) is 0 Å². The predicted octanol–water partition coefficient (Wildman–Crippen LogP) is 3.34. The molecule has 2 aromatic carbocycles. The zero-order chi connectivity index (χ0) is 15.0. The summed E-state index contributed by atoms with van der Waals surface area (Å²) in [5.74, 6) is -0.362. The van der Waals surface area contributed by atoms with Crippen LogP contribution in [0.3, 0.4) is 0 Å². The smallest absolute Gasteiger partial charge is 0.200 e. The molecule has 0 aliphatic carbocycles. The quantitative estimate of drug-likeness (QED) is 0.873. The highest BCUT2D eigenvalue weighted by Gasteiger charge is 2.27. The summed E-state index contributed by atoms with van der Waals surface area (Å²) in [4.78, 5) is 0.287. The first kappa shape index (κ1) is 13.8. The fraction of sp³-hybridized carbons (Fsp3) is 0.125. The van der Waals surface area contributed by atoms with Crippen molar-refractivity contribution in [1.29, 1.82) is 0 Å². The molecule has 5 heteroatoms. The first-order valence-corrected chi connectivity index (χ1v) is 7.96. The van der Waals surface area contributed by atoms with Gasteiger partial charge in [0.1, 0.15) is 6.61 Å². The Morgan fingerprint density at radius 2 is 1.90 bits per heavy atom. The van der Waals surface area contributed by atoms with Gasteiger partial charge in [-0.05, 0) is 30.7 Å². The van der Waals surface area contributed by atoms with Crippen LogP contribution in [-0.4, -0.2) is 15.0 Å².